The number of anilines is 1. The fourth-order valence-electron chi connectivity index (χ4n) is 2.88. The summed E-state index contributed by atoms with van der Waals surface area (Å²) < 4.78 is 6.40. The minimum absolute atomic E-state index is 0.564. The molecule has 0 atom stereocenters. The summed E-state index contributed by atoms with van der Waals surface area (Å²) in [7, 11) is 1.98. The van der Waals surface area contributed by atoms with Crippen molar-refractivity contribution in [3.05, 3.63) is 34.9 Å². The van der Waals surface area contributed by atoms with Crippen molar-refractivity contribution in [1.29, 1.82) is 0 Å². The molecule has 1 N–H and O–H groups in total. The number of hydrogen-bond acceptors (Lipinski definition) is 4. The lowest BCUT2D eigenvalue weighted by atomic mass is 9.94. The average molecular weight is 351 g/mol. The largest absolute Gasteiger partial charge is 0.388 e. The summed E-state index contributed by atoms with van der Waals surface area (Å²) in [6, 6.07) is 8.10. The van der Waals surface area contributed by atoms with Gasteiger partial charge in [0.1, 0.15) is 5.82 Å². The van der Waals surface area contributed by atoms with Crippen molar-refractivity contribution in [2.24, 2.45) is 0 Å². The fraction of sp³-hybridized carbons (Fsp3) is 0.438. The van der Waals surface area contributed by atoms with Crippen molar-refractivity contribution in [2.75, 3.05) is 31.7 Å². The highest BCUT2D eigenvalue weighted by molar-refractivity contribution is 9.10. The van der Waals surface area contributed by atoms with Crippen LogP contribution in [0.1, 0.15) is 12.8 Å². The summed E-state index contributed by atoms with van der Waals surface area (Å²) in [6.07, 6.45) is 3.16. The molecule has 1 fully saturated rings. The van der Waals surface area contributed by atoms with Gasteiger partial charge in [-0.3, -0.25) is 0 Å². The average Bonchev–Trinajstić information content (AvgIpc) is 2.47. The van der Waals surface area contributed by atoms with Crippen LogP contribution in [0.15, 0.2) is 34.9 Å². The second kappa shape index (κ2) is 5.91. The molecule has 1 aliphatic heterocycles. The molecule has 0 amide bonds. The van der Waals surface area contributed by atoms with Crippen LogP contribution in [0, 0.1) is 0 Å². The topological polar surface area (TPSA) is 45.6 Å². The SMILES string of the molecule is CN(CC1(O)CCOCC1)c1nccc2c(Br)cccc12. The van der Waals surface area contributed by atoms with Gasteiger partial charge in [0, 0.05) is 61.1 Å². The molecule has 1 aromatic carbocycles. The molecular weight excluding hydrogens is 332 g/mol. The van der Waals surface area contributed by atoms with Gasteiger partial charge in [0.2, 0.25) is 0 Å². The highest BCUT2D eigenvalue weighted by atomic mass is 79.9. The number of pyridine rings is 1. The predicted octanol–water partition coefficient (Wildman–Crippen LogP) is 2.98. The van der Waals surface area contributed by atoms with E-state index < -0.39 is 5.60 Å². The Balaban J connectivity index is 1.91. The molecule has 0 aliphatic carbocycles. The van der Waals surface area contributed by atoms with Gasteiger partial charge < -0.3 is 14.7 Å². The molecule has 4 nitrogen and oxygen atoms in total. The Hall–Kier alpha value is -1.17. The van der Waals surface area contributed by atoms with Crippen molar-refractivity contribution in [2.45, 2.75) is 18.4 Å². The Morgan fingerprint density at radius 1 is 1.29 bits per heavy atom. The third kappa shape index (κ3) is 3.05. The molecule has 0 bridgehead atoms. The third-order valence-electron chi connectivity index (χ3n) is 4.05. The van der Waals surface area contributed by atoms with Gasteiger partial charge in [-0.2, -0.15) is 0 Å². The molecule has 1 saturated heterocycles. The molecular formula is C16H19BrN2O2. The quantitative estimate of drug-likeness (QED) is 0.924. The summed E-state index contributed by atoms with van der Waals surface area (Å²) in [5.74, 6) is 0.897. The highest BCUT2D eigenvalue weighted by Crippen LogP contribution is 2.31. The molecule has 2 heterocycles. The molecule has 0 radical (unpaired) electrons. The number of nitrogens with zero attached hydrogens (tertiary/aromatic N) is 2. The number of aliphatic hydroxyl groups is 1. The predicted molar refractivity (Wildman–Crippen MR) is 87.7 cm³/mol. The van der Waals surface area contributed by atoms with E-state index in [-0.39, 0.29) is 0 Å². The molecule has 0 saturated carbocycles. The van der Waals surface area contributed by atoms with Crippen LogP contribution in [-0.4, -0.2) is 42.5 Å². The first-order chi connectivity index (χ1) is 10.1. The summed E-state index contributed by atoms with van der Waals surface area (Å²) in [5.41, 5.74) is -0.692. The van der Waals surface area contributed by atoms with E-state index >= 15 is 0 Å². The smallest absolute Gasteiger partial charge is 0.136 e. The van der Waals surface area contributed by atoms with Gasteiger partial charge in [0.15, 0.2) is 0 Å². The zero-order chi connectivity index (χ0) is 14.9. The number of halogens is 1. The molecule has 21 heavy (non-hydrogen) atoms. The summed E-state index contributed by atoms with van der Waals surface area (Å²) >= 11 is 3.58. The van der Waals surface area contributed by atoms with Gasteiger partial charge >= 0.3 is 0 Å². The number of aromatic nitrogens is 1. The van der Waals surface area contributed by atoms with Crippen molar-refractivity contribution >= 4 is 32.5 Å². The summed E-state index contributed by atoms with van der Waals surface area (Å²) in [6.45, 7) is 1.81. The Morgan fingerprint density at radius 3 is 2.81 bits per heavy atom. The van der Waals surface area contributed by atoms with Crippen molar-refractivity contribution in [3.63, 3.8) is 0 Å². The third-order valence-corrected chi connectivity index (χ3v) is 4.74. The lowest BCUT2D eigenvalue weighted by molar-refractivity contribution is -0.0573. The summed E-state index contributed by atoms with van der Waals surface area (Å²) in [5, 5.41) is 12.9. The lowest BCUT2D eigenvalue weighted by Gasteiger charge is -2.36. The molecule has 1 aliphatic rings. The van der Waals surface area contributed by atoms with E-state index in [2.05, 4.69) is 27.0 Å². The van der Waals surface area contributed by atoms with Crippen LogP contribution in [0.25, 0.3) is 10.8 Å². The first-order valence-corrected chi connectivity index (χ1v) is 7.93. The second-order valence-corrected chi connectivity index (χ2v) is 6.52. The fourth-order valence-corrected chi connectivity index (χ4v) is 3.38. The van der Waals surface area contributed by atoms with Crippen LogP contribution < -0.4 is 4.90 Å². The van der Waals surface area contributed by atoms with Crippen LogP contribution in [0.2, 0.25) is 0 Å². The molecule has 0 unspecified atom stereocenters. The van der Waals surface area contributed by atoms with E-state index in [1.165, 1.54) is 0 Å². The minimum atomic E-state index is -0.692. The van der Waals surface area contributed by atoms with E-state index in [4.69, 9.17) is 4.74 Å². The highest BCUT2D eigenvalue weighted by Gasteiger charge is 2.31. The standard InChI is InChI=1S/C16H19BrN2O2/c1-19(11-16(20)6-9-21-10-7-16)15-13-3-2-4-14(17)12(13)5-8-18-15/h2-5,8,20H,6-7,9-11H2,1H3. The van der Waals surface area contributed by atoms with E-state index in [1.54, 1.807) is 0 Å². The van der Waals surface area contributed by atoms with Crippen molar-refractivity contribution in [1.82, 2.24) is 4.98 Å². The van der Waals surface area contributed by atoms with E-state index in [0.717, 1.165) is 21.1 Å². The number of ether oxygens (including phenoxy) is 1. The van der Waals surface area contributed by atoms with Gasteiger partial charge in [-0.05, 0) is 12.1 Å². The number of rotatable bonds is 3. The van der Waals surface area contributed by atoms with Crippen LogP contribution in [0.4, 0.5) is 5.82 Å². The van der Waals surface area contributed by atoms with Gasteiger partial charge in [-0.15, -0.1) is 0 Å². The van der Waals surface area contributed by atoms with E-state index in [1.807, 2.05) is 36.3 Å². The van der Waals surface area contributed by atoms with Gasteiger partial charge in [-0.25, -0.2) is 4.98 Å². The normalized spacial score (nSPS) is 17.9. The first-order valence-electron chi connectivity index (χ1n) is 7.14. The minimum Gasteiger partial charge on any atom is -0.388 e. The second-order valence-electron chi connectivity index (χ2n) is 5.66. The number of likely N-dealkylation sites (N-methyl/N-ethyl adjacent to an activating group) is 1. The maximum Gasteiger partial charge on any atom is 0.136 e. The zero-order valence-electron chi connectivity index (χ0n) is 12.1. The maximum absolute atomic E-state index is 10.7. The molecule has 112 valence electrons. The van der Waals surface area contributed by atoms with Gasteiger partial charge in [-0.1, -0.05) is 28.1 Å². The van der Waals surface area contributed by atoms with Crippen LogP contribution in [0.3, 0.4) is 0 Å². The van der Waals surface area contributed by atoms with E-state index in [0.29, 0.717) is 32.6 Å². The van der Waals surface area contributed by atoms with E-state index in [9.17, 15) is 5.11 Å². The Kier molecular flexibility index (Phi) is 4.15. The Morgan fingerprint density at radius 2 is 2.05 bits per heavy atom. The van der Waals surface area contributed by atoms with Crippen molar-refractivity contribution in [3.8, 4) is 0 Å². The number of hydrogen-bond donors (Lipinski definition) is 1. The zero-order valence-corrected chi connectivity index (χ0v) is 13.6. The Bertz CT molecular complexity index is 641. The molecule has 3 rings (SSSR count). The van der Waals surface area contributed by atoms with Gasteiger partial charge in [0.05, 0.1) is 5.60 Å². The van der Waals surface area contributed by atoms with Crippen LogP contribution in [0.5, 0.6) is 0 Å². The summed E-state index contributed by atoms with van der Waals surface area (Å²) in [4.78, 5) is 6.55. The number of fused-ring (bicyclic) bond motifs is 1. The Labute approximate surface area is 132 Å². The van der Waals surface area contributed by atoms with Crippen LogP contribution >= 0.6 is 15.9 Å². The van der Waals surface area contributed by atoms with Gasteiger partial charge in [0.25, 0.3) is 0 Å². The number of benzene rings is 1. The monoisotopic (exact) mass is 350 g/mol. The molecule has 1 aromatic heterocycles. The lowest BCUT2D eigenvalue weighted by Crippen LogP contribution is -2.46. The van der Waals surface area contributed by atoms with Crippen molar-refractivity contribution < 1.29 is 9.84 Å². The van der Waals surface area contributed by atoms with Crippen LogP contribution in [-0.2, 0) is 4.74 Å². The first kappa shape index (κ1) is 14.8. The maximum atomic E-state index is 10.7. The molecule has 2 aromatic rings. The molecule has 5 heteroatoms. The molecule has 0 spiro atoms.